The average Bonchev–Trinajstić information content (AvgIpc) is 2.29. The van der Waals surface area contributed by atoms with Crippen molar-refractivity contribution in [2.45, 2.75) is 0 Å². The Labute approximate surface area is 88.5 Å². The van der Waals surface area contributed by atoms with Gasteiger partial charge in [-0.1, -0.05) is 6.07 Å². The molecule has 1 aliphatic heterocycles. The van der Waals surface area contributed by atoms with E-state index in [4.69, 9.17) is 0 Å². The van der Waals surface area contributed by atoms with E-state index in [0.717, 1.165) is 26.2 Å². The summed E-state index contributed by atoms with van der Waals surface area (Å²) in [6.07, 6.45) is 0. The summed E-state index contributed by atoms with van der Waals surface area (Å²) >= 11 is 0. The quantitative estimate of drug-likeness (QED) is 0.701. The van der Waals surface area contributed by atoms with Crippen LogP contribution in [0.1, 0.15) is 10.4 Å². The van der Waals surface area contributed by atoms with Gasteiger partial charge in [-0.25, -0.2) is 0 Å². The summed E-state index contributed by atoms with van der Waals surface area (Å²) in [4.78, 5) is 13.7. The Balaban J connectivity index is 2.12. The smallest absolute Gasteiger partial charge is 0.254 e. The van der Waals surface area contributed by atoms with Crippen LogP contribution in [-0.2, 0) is 0 Å². The highest BCUT2D eigenvalue weighted by Crippen LogP contribution is 2.13. The Hall–Kier alpha value is -1.55. The van der Waals surface area contributed by atoms with Crippen molar-refractivity contribution in [1.82, 2.24) is 10.2 Å². The minimum atomic E-state index is -0.00704. The summed E-state index contributed by atoms with van der Waals surface area (Å²) in [5.74, 6) is 0.128. The van der Waals surface area contributed by atoms with Gasteiger partial charge < -0.3 is 15.3 Å². The summed E-state index contributed by atoms with van der Waals surface area (Å²) in [7, 11) is 0. The molecule has 0 bridgehead atoms. The molecular formula is C11H14N2O2. The van der Waals surface area contributed by atoms with E-state index >= 15 is 0 Å². The number of phenols is 1. The lowest BCUT2D eigenvalue weighted by Gasteiger charge is -2.27. The lowest BCUT2D eigenvalue weighted by Crippen LogP contribution is -2.46. The molecule has 0 atom stereocenters. The first kappa shape index (κ1) is 9.98. The van der Waals surface area contributed by atoms with Crippen LogP contribution in [0.2, 0.25) is 0 Å². The Morgan fingerprint density at radius 1 is 1.33 bits per heavy atom. The van der Waals surface area contributed by atoms with Gasteiger partial charge in [-0.2, -0.15) is 0 Å². The van der Waals surface area contributed by atoms with Gasteiger partial charge in [-0.15, -0.1) is 0 Å². The first-order valence-electron chi connectivity index (χ1n) is 5.06. The SMILES string of the molecule is O=C(c1cccc(O)c1)N1CCNCC1. The molecule has 2 N–H and O–H groups in total. The van der Waals surface area contributed by atoms with E-state index in [1.165, 1.54) is 6.07 Å². The molecule has 1 heterocycles. The van der Waals surface area contributed by atoms with Gasteiger partial charge in [0.1, 0.15) is 5.75 Å². The normalized spacial score (nSPS) is 16.4. The predicted octanol–water partition coefficient (Wildman–Crippen LogP) is 0.438. The van der Waals surface area contributed by atoms with Crippen LogP contribution in [0.25, 0.3) is 0 Å². The average molecular weight is 206 g/mol. The number of nitrogens with one attached hydrogen (secondary N) is 1. The highest BCUT2D eigenvalue weighted by Gasteiger charge is 2.17. The first-order valence-corrected chi connectivity index (χ1v) is 5.06. The van der Waals surface area contributed by atoms with Crippen molar-refractivity contribution in [1.29, 1.82) is 0 Å². The molecule has 1 aromatic rings. The molecule has 0 aliphatic carbocycles. The summed E-state index contributed by atoms with van der Waals surface area (Å²) in [6, 6.07) is 6.48. The fraction of sp³-hybridized carbons (Fsp3) is 0.364. The van der Waals surface area contributed by atoms with E-state index in [1.807, 2.05) is 0 Å². The predicted molar refractivity (Wildman–Crippen MR) is 56.9 cm³/mol. The number of hydrogen-bond donors (Lipinski definition) is 2. The lowest BCUT2D eigenvalue weighted by atomic mass is 10.2. The van der Waals surface area contributed by atoms with Gasteiger partial charge in [-0.3, -0.25) is 4.79 Å². The maximum absolute atomic E-state index is 11.9. The van der Waals surface area contributed by atoms with E-state index in [2.05, 4.69) is 5.32 Å². The van der Waals surface area contributed by atoms with Crippen molar-refractivity contribution >= 4 is 5.91 Å². The van der Waals surface area contributed by atoms with Gasteiger partial charge >= 0.3 is 0 Å². The van der Waals surface area contributed by atoms with Crippen LogP contribution < -0.4 is 5.32 Å². The molecule has 0 saturated carbocycles. The molecule has 1 amide bonds. The number of carbonyl (C=O) groups is 1. The second-order valence-corrected chi connectivity index (χ2v) is 3.59. The number of carbonyl (C=O) groups excluding carboxylic acids is 1. The van der Waals surface area contributed by atoms with Crippen LogP contribution >= 0.6 is 0 Å². The van der Waals surface area contributed by atoms with Crippen molar-refractivity contribution in [3.8, 4) is 5.75 Å². The molecule has 1 aromatic carbocycles. The molecule has 15 heavy (non-hydrogen) atoms. The highest BCUT2D eigenvalue weighted by atomic mass is 16.3. The third kappa shape index (κ3) is 2.27. The zero-order valence-electron chi connectivity index (χ0n) is 8.44. The van der Waals surface area contributed by atoms with Crippen molar-refractivity contribution in [3.05, 3.63) is 29.8 Å². The number of aromatic hydroxyl groups is 1. The van der Waals surface area contributed by atoms with Crippen molar-refractivity contribution < 1.29 is 9.90 Å². The summed E-state index contributed by atoms with van der Waals surface area (Å²) in [5, 5.41) is 12.5. The minimum Gasteiger partial charge on any atom is -0.508 e. The van der Waals surface area contributed by atoms with Gasteiger partial charge in [0.25, 0.3) is 5.91 Å². The van der Waals surface area contributed by atoms with Crippen LogP contribution in [0.5, 0.6) is 5.75 Å². The van der Waals surface area contributed by atoms with Crippen molar-refractivity contribution in [3.63, 3.8) is 0 Å². The van der Waals surface area contributed by atoms with Gasteiger partial charge in [0, 0.05) is 31.7 Å². The number of hydrogen-bond acceptors (Lipinski definition) is 3. The second kappa shape index (κ2) is 4.31. The lowest BCUT2D eigenvalue weighted by molar-refractivity contribution is 0.0735. The molecular weight excluding hydrogens is 192 g/mol. The molecule has 2 rings (SSSR count). The van der Waals surface area contributed by atoms with Gasteiger partial charge in [0.15, 0.2) is 0 Å². The van der Waals surface area contributed by atoms with Crippen LogP contribution in [-0.4, -0.2) is 42.1 Å². The van der Waals surface area contributed by atoms with E-state index in [0.29, 0.717) is 5.56 Å². The topological polar surface area (TPSA) is 52.6 Å². The number of phenolic OH excluding ortho intramolecular Hbond substituents is 1. The molecule has 1 saturated heterocycles. The van der Waals surface area contributed by atoms with Gasteiger partial charge in [0.05, 0.1) is 0 Å². The molecule has 1 fully saturated rings. The maximum atomic E-state index is 11.9. The fourth-order valence-electron chi connectivity index (χ4n) is 1.69. The zero-order valence-corrected chi connectivity index (χ0v) is 8.44. The second-order valence-electron chi connectivity index (χ2n) is 3.59. The van der Waals surface area contributed by atoms with E-state index < -0.39 is 0 Å². The number of piperazine rings is 1. The number of amides is 1. The van der Waals surface area contributed by atoms with Gasteiger partial charge in [-0.05, 0) is 18.2 Å². The van der Waals surface area contributed by atoms with Crippen LogP contribution in [0.3, 0.4) is 0 Å². The van der Waals surface area contributed by atoms with Crippen molar-refractivity contribution in [2.75, 3.05) is 26.2 Å². The molecule has 1 aliphatic rings. The molecule has 0 radical (unpaired) electrons. The van der Waals surface area contributed by atoms with Gasteiger partial charge in [0.2, 0.25) is 0 Å². The largest absolute Gasteiger partial charge is 0.508 e. The maximum Gasteiger partial charge on any atom is 0.254 e. The molecule has 0 unspecified atom stereocenters. The monoisotopic (exact) mass is 206 g/mol. The van der Waals surface area contributed by atoms with E-state index in [1.54, 1.807) is 23.1 Å². The molecule has 4 heteroatoms. The Morgan fingerprint density at radius 3 is 2.73 bits per heavy atom. The third-order valence-electron chi connectivity index (χ3n) is 2.50. The van der Waals surface area contributed by atoms with Crippen molar-refractivity contribution in [2.24, 2.45) is 0 Å². The van der Waals surface area contributed by atoms with Crippen LogP contribution in [0.15, 0.2) is 24.3 Å². The van der Waals surface area contributed by atoms with E-state index in [9.17, 15) is 9.90 Å². The molecule has 0 aromatic heterocycles. The Kier molecular flexibility index (Phi) is 2.87. The molecule has 80 valence electrons. The van der Waals surface area contributed by atoms with E-state index in [-0.39, 0.29) is 11.7 Å². The summed E-state index contributed by atoms with van der Waals surface area (Å²) < 4.78 is 0. The third-order valence-corrected chi connectivity index (χ3v) is 2.50. The minimum absolute atomic E-state index is 0.00704. The first-order chi connectivity index (χ1) is 7.27. The highest BCUT2D eigenvalue weighted by molar-refractivity contribution is 5.94. The number of benzene rings is 1. The standard InChI is InChI=1S/C11H14N2O2/c14-10-3-1-2-9(8-10)11(15)13-6-4-12-5-7-13/h1-3,8,12,14H,4-7H2. The summed E-state index contributed by atoms with van der Waals surface area (Å²) in [6.45, 7) is 3.14. The summed E-state index contributed by atoms with van der Waals surface area (Å²) in [5.41, 5.74) is 0.553. The Bertz CT molecular complexity index is 359. The van der Waals surface area contributed by atoms with Crippen LogP contribution in [0, 0.1) is 0 Å². The Morgan fingerprint density at radius 2 is 2.07 bits per heavy atom. The number of nitrogens with zero attached hydrogens (tertiary/aromatic N) is 1. The number of rotatable bonds is 1. The zero-order chi connectivity index (χ0) is 10.7. The molecule has 4 nitrogen and oxygen atoms in total. The fourth-order valence-corrected chi connectivity index (χ4v) is 1.69. The molecule has 0 spiro atoms. The van der Waals surface area contributed by atoms with Crippen LogP contribution in [0.4, 0.5) is 0 Å².